The number of carbonyl (C=O) groups excluding carboxylic acids is 1. The molecule has 0 saturated carbocycles. The van der Waals surface area contributed by atoms with Gasteiger partial charge in [-0.3, -0.25) is 4.79 Å². The van der Waals surface area contributed by atoms with Crippen LogP contribution in [0.1, 0.15) is 52.9 Å². The number of likely N-dealkylation sites (tertiary alicyclic amines) is 1. The van der Waals surface area contributed by atoms with E-state index in [-0.39, 0.29) is 12.5 Å². The first kappa shape index (κ1) is 17.8. The van der Waals surface area contributed by atoms with Gasteiger partial charge in [-0.05, 0) is 31.6 Å². The van der Waals surface area contributed by atoms with Crippen molar-refractivity contribution in [2.45, 2.75) is 52.9 Å². The Morgan fingerprint density at radius 3 is 2.48 bits per heavy atom. The molecule has 1 N–H and O–H groups in total. The van der Waals surface area contributed by atoms with Gasteiger partial charge in [0.1, 0.15) is 0 Å². The molecule has 0 spiro atoms. The van der Waals surface area contributed by atoms with Crippen molar-refractivity contribution in [1.82, 2.24) is 9.80 Å². The van der Waals surface area contributed by atoms with Crippen LogP contribution >= 0.6 is 0 Å². The number of rotatable bonds is 8. The summed E-state index contributed by atoms with van der Waals surface area (Å²) in [7, 11) is 0. The molecule has 1 unspecified atom stereocenters. The molecule has 1 aliphatic heterocycles. The van der Waals surface area contributed by atoms with Crippen LogP contribution in [-0.4, -0.2) is 53.1 Å². The molecule has 1 heterocycles. The van der Waals surface area contributed by atoms with Gasteiger partial charge in [0, 0.05) is 32.6 Å². The fourth-order valence-electron chi connectivity index (χ4n) is 2.97. The molecular weight excluding hydrogens is 268 g/mol. The van der Waals surface area contributed by atoms with Crippen LogP contribution in [-0.2, 0) is 4.79 Å². The summed E-state index contributed by atoms with van der Waals surface area (Å²) in [6.45, 7) is 9.42. The molecule has 1 fully saturated rings. The number of carboxylic acids is 1. The molecule has 1 aliphatic rings. The number of amides is 2. The topological polar surface area (TPSA) is 60.9 Å². The van der Waals surface area contributed by atoms with Gasteiger partial charge in [0.05, 0.1) is 0 Å². The number of hydrogen-bond acceptors (Lipinski definition) is 2. The van der Waals surface area contributed by atoms with Crippen molar-refractivity contribution in [2.24, 2.45) is 11.8 Å². The Balaban J connectivity index is 2.48. The van der Waals surface area contributed by atoms with E-state index < -0.39 is 5.97 Å². The SMILES string of the molecule is CCC(CC)CN(CC)C(=O)N1CCC(CCC(=O)O)C1. The van der Waals surface area contributed by atoms with Crippen molar-refractivity contribution in [1.29, 1.82) is 0 Å². The number of aliphatic carboxylic acids is 1. The molecule has 21 heavy (non-hydrogen) atoms. The zero-order chi connectivity index (χ0) is 15.8. The van der Waals surface area contributed by atoms with E-state index in [1.165, 1.54) is 0 Å². The van der Waals surface area contributed by atoms with Crippen molar-refractivity contribution in [3.05, 3.63) is 0 Å². The van der Waals surface area contributed by atoms with E-state index in [2.05, 4.69) is 13.8 Å². The van der Waals surface area contributed by atoms with Gasteiger partial charge < -0.3 is 14.9 Å². The molecule has 0 radical (unpaired) electrons. The van der Waals surface area contributed by atoms with Gasteiger partial charge in [0.2, 0.25) is 0 Å². The second-order valence-electron chi connectivity index (χ2n) is 6.04. The molecule has 122 valence electrons. The average Bonchev–Trinajstić information content (AvgIpc) is 2.95. The third-order valence-corrected chi connectivity index (χ3v) is 4.61. The first-order chi connectivity index (χ1) is 10.0. The summed E-state index contributed by atoms with van der Waals surface area (Å²) in [4.78, 5) is 27.0. The highest BCUT2D eigenvalue weighted by molar-refractivity contribution is 5.74. The van der Waals surface area contributed by atoms with Crippen LogP contribution in [0.5, 0.6) is 0 Å². The summed E-state index contributed by atoms with van der Waals surface area (Å²) >= 11 is 0. The Kier molecular flexibility index (Phi) is 7.54. The summed E-state index contributed by atoms with van der Waals surface area (Å²) in [5.41, 5.74) is 0. The Labute approximate surface area is 128 Å². The maximum absolute atomic E-state index is 12.6. The largest absolute Gasteiger partial charge is 0.481 e. The van der Waals surface area contributed by atoms with E-state index >= 15 is 0 Å². The van der Waals surface area contributed by atoms with Crippen molar-refractivity contribution in [2.75, 3.05) is 26.2 Å². The average molecular weight is 298 g/mol. The predicted octanol–water partition coefficient (Wildman–Crippen LogP) is 3.05. The third-order valence-electron chi connectivity index (χ3n) is 4.61. The fraction of sp³-hybridized carbons (Fsp3) is 0.875. The summed E-state index contributed by atoms with van der Waals surface area (Å²) in [6.07, 6.45) is 4.01. The van der Waals surface area contributed by atoms with Crippen LogP contribution < -0.4 is 0 Å². The third kappa shape index (κ3) is 5.56. The highest BCUT2D eigenvalue weighted by atomic mass is 16.4. The second-order valence-corrected chi connectivity index (χ2v) is 6.04. The lowest BCUT2D eigenvalue weighted by Crippen LogP contribution is -2.44. The van der Waals surface area contributed by atoms with Gasteiger partial charge in [-0.1, -0.05) is 26.7 Å². The summed E-state index contributed by atoms with van der Waals surface area (Å²) < 4.78 is 0. The van der Waals surface area contributed by atoms with Crippen LogP contribution in [0, 0.1) is 11.8 Å². The first-order valence-corrected chi connectivity index (χ1v) is 8.27. The quantitative estimate of drug-likeness (QED) is 0.749. The molecule has 1 saturated heterocycles. The minimum atomic E-state index is -0.747. The molecule has 1 rings (SSSR count). The second kappa shape index (κ2) is 8.90. The van der Waals surface area contributed by atoms with Crippen LogP contribution in [0.2, 0.25) is 0 Å². The molecule has 5 heteroatoms. The molecule has 1 atom stereocenters. The molecule has 0 aromatic rings. The highest BCUT2D eigenvalue weighted by Crippen LogP contribution is 2.22. The number of hydrogen-bond donors (Lipinski definition) is 1. The van der Waals surface area contributed by atoms with E-state index in [1.54, 1.807) is 0 Å². The van der Waals surface area contributed by atoms with E-state index in [4.69, 9.17) is 5.11 Å². The van der Waals surface area contributed by atoms with Gasteiger partial charge >= 0.3 is 12.0 Å². The van der Waals surface area contributed by atoms with Gasteiger partial charge in [0.15, 0.2) is 0 Å². The van der Waals surface area contributed by atoms with Crippen LogP contribution in [0.15, 0.2) is 0 Å². The van der Waals surface area contributed by atoms with Gasteiger partial charge in [-0.15, -0.1) is 0 Å². The lowest BCUT2D eigenvalue weighted by molar-refractivity contribution is -0.137. The lowest BCUT2D eigenvalue weighted by Gasteiger charge is -2.30. The molecule has 0 bridgehead atoms. The van der Waals surface area contributed by atoms with Crippen molar-refractivity contribution in [3.63, 3.8) is 0 Å². The van der Waals surface area contributed by atoms with Crippen molar-refractivity contribution < 1.29 is 14.7 Å². The lowest BCUT2D eigenvalue weighted by atomic mass is 10.0. The number of carbonyl (C=O) groups is 2. The summed E-state index contributed by atoms with van der Waals surface area (Å²) in [5, 5.41) is 8.74. The predicted molar refractivity (Wildman–Crippen MR) is 83.3 cm³/mol. The zero-order valence-corrected chi connectivity index (χ0v) is 13.7. The van der Waals surface area contributed by atoms with Gasteiger partial charge in [-0.2, -0.15) is 0 Å². The molecule has 0 aromatic carbocycles. The van der Waals surface area contributed by atoms with Crippen LogP contribution in [0.3, 0.4) is 0 Å². The van der Waals surface area contributed by atoms with Gasteiger partial charge in [-0.25, -0.2) is 4.79 Å². The molecular formula is C16H30N2O3. The summed E-state index contributed by atoms with van der Waals surface area (Å²) in [6, 6.07) is 0.127. The Bertz CT molecular complexity index is 342. The maximum atomic E-state index is 12.6. The Morgan fingerprint density at radius 1 is 1.29 bits per heavy atom. The standard InChI is InChI=1S/C16H30N2O3/c1-4-13(5-2)11-17(6-3)16(21)18-10-9-14(12-18)7-8-15(19)20/h13-14H,4-12H2,1-3H3,(H,19,20). The van der Waals surface area contributed by atoms with Gasteiger partial charge in [0.25, 0.3) is 0 Å². The maximum Gasteiger partial charge on any atom is 0.320 e. The number of urea groups is 1. The normalized spacial score (nSPS) is 18.3. The van der Waals surface area contributed by atoms with E-state index in [9.17, 15) is 9.59 Å². The molecule has 0 aliphatic carbocycles. The van der Waals surface area contributed by atoms with Crippen LogP contribution in [0.25, 0.3) is 0 Å². The minimum absolute atomic E-state index is 0.127. The minimum Gasteiger partial charge on any atom is -0.481 e. The van der Waals surface area contributed by atoms with Crippen molar-refractivity contribution in [3.8, 4) is 0 Å². The van der Waals surface area contributed by atoms with E-state index in [0.29, 0.717) is 24.8 Å². The molecule has 2 amide bonds. The van der Waals surface area contributed by atoms with Crippen LogP contribution in [0.4, 0.5) is 4.79 Å². The zero-order valence-electron chi connectivity index (χ0n) is 13.7. The molecule has 5 nitrogen and oxygen atoms in total. The highest BCUT2D eigenvalue weighted by Gasteiger charge is 2.29. The van der Waals surface area contributed by atoms with E-state index in [0.717, 1.165) is 38.9 Å². The number of carboxylic acid groups (broad SMARTS) is 1. The summed E-state index contributed by atoms with van der Waals surface area (Å²) in [5.74, 6) is 0.167. The Hall–Kier alpha value is -1.26. The monoisotopic (exact) mass is 298 g/mol. The fourth-order valence-corrected chi connectivity index (χ4v) is 2.97. The molecule has 0 aromatic heterocycles. The van der Waals surface area contributed by atoms with Crippen molar-refractivity contribution >= 4 is 12.0 Å². The Morgan fingerprint density at radius 2 is 1.95 bits per heavy atom. The van der Waals surface area contributed by atoms with E-state index in [1.807, 2.05) is 16.7 Å². The number of nitrogens with zero attached hydrogens (tertiary/aromatic N) is 2. The first-order valence-electron chi connectivity index (χ1n) is 8.27. The smallest absolute Gasteiger partial charge is 0.320 e.